The van der Waals surface area contributed by atoms with Gasteiger partial charge in [0.25, 0.3) is 0 Å². The van der Waals surface area contributed by atoms with Crippen LogP contribution in [0, 0.1) is 0 Å². The summed E-state index contributed by atoms with van der Waals surface area (Å²) in [5.41, 5.74) is 9.27. The van der Waals surface area contributed by atoms with Crippen molar-refractivity contribution in [2.24, 2.45) is 5.73 Å². The fourth-order valence-corrected chi connectivity index (χ4v) is 3.10. The van der Waals surface area contributed by atoms with Gasteiger partial charge in [0.15, 0.2) is 0 Å². The molecule has 1 heterocycles. The highest BCUT2D eigenvalue weighted by atomic mass is 16.1. The van der Waals surface area contributed by atoms with E-state index in [-0.39, 0.29) is 11.8 Å². The molecule has 1 aromatic rings. The van der Waals surface area contributed by atoms with Gasteiger partial charge in [0, 0.05) is 12.2 Å². The van der Waals surface area contributed by atoms with Gasteiger partial charge in [-0.15, -0.1) is 0 Å². The predicted molar refractivity (Wildman–Crippen MR) is 83.9 cm³/mol. The average Bonchev–Trinajstić information content (AvgIpc) is 2.91. The van der Waals surface area contributed by atoms with Gasteiger partial charge in [-0.05, 0) is 30.0 Å². The van der Waals surface area contributed by atoms with E-state index in [1.807, 2.05) is 6.07 Å². The van der Waals surface area contributed by atoms with Crippen LogP contribution in [0.2, 0.25) is 0 Å². The van der Waals surface area contributed by atoms with E-state index in [0.717, 1.165) is 31.4 Å². The van der Waals surface area contributed by atoms with Crippen molar-refractivity contribution < 1.29 is 4.79 Å². The zero-order chi connectivity index (χ0) is 14.4. The standard InChI is InChI=1S/C17H26N2O/c1-2-3-4-5-6-8-15(17(18)20)13-9-7-10-16-14(13)11-12-19-16/h7,9-10,15,19H,2-6,8,11-12H2,1H3,(H2,18,20). The van der Waals surface area contributed by atoms with Crippen LogP contribution in [0.25, 0.3) is 0 Å². The van der Waals surface area contributed by atoms with Gasteiger partial charge in [-0.2, -0.15) is 0 Å². The Morgan fingerprint density at radius 2 is 2.10 bits per heavy atom. The summed E-state index contributed by atoms with van der Waals surface area (Å²) >= 11 is 0. The van der Waals surface area contributed by atoms with Crippen LogP contribution in [0.15, 0.2) is 18.2 Å². The summed E-state index contributed by atoms with van der Waals surface area (Å²) in [5.74, 6) is -0.299. The van der Waals surface area contributed by atoms with E-state index in [2.05, 4.69) is 24.4 Å². The number of hydrogen-bond donors (Lipinski definition) is 2. The maximum absolute atomic E-state index is 11.8. The zero-order valence-corrected chi connectivity index (χ0v) is 12.5. The molecule has 1 amide bonds. The monoisotopic (exact) mass is 274 g/mol. The first-order valence-electron chi connectivity index (χ1n) is 7.89. The first kappa shape index (κ1) is 14.9. The second kappa shape index (κ2) is 7.32. The number of nitrogens with one attached hydrogen (secondary N) is 1. The number of unbranched alkanes of at least 4 members (excludes halogenated alkanes) is 4. The molecule has 1 unspecified atom stereocenters. The molecule has 0 fully saturated rings. The van der Waals surface area contributed by atoms with Crippen molar-refractivity contribution in [1.29, 1.82) is 0 Å². The molecule has 0 aliphatic carbocycles. The number of hydrogen-bond acceptors (Lipinski definition) is 2. The van der Waals surface area contributed by atoms with Crippen LogP contribution >= 0.6 is 0 Å². The minimum absolute atomic E-state index is 0.119. The van der Waals surface area contributed by atoms with Crippen molar-refractivity contribution in [2.45, 2.75) is 57.8 Å². The molecule has 0 radical (unpaired) electrons. The second-order valence-electron chi connectivity index (χ2n) is 5.71. The largest absolute Gasteiger partial charge is 0.384 e. The molecule has 0 aromatic heterocycles. The van der Waals surface area contributed by atoms with Gasteiger partial charge < -0.3 is 11.1 Å². The molecule has 0 saturated carbocycles. The summed E-state index contributed by atoms with van der Waals surface area (Å²) in [5, 5.41) is 3.37. The highest BCUT2D eigenvalue weighted by Crippen LogP contribution is 2.33. The Balaban J connectivity index is 2.02. The highest BCUT2D eigenvalue weighted by Gasteiger charge is 2.23. The number of carbonyl (C=O) groups is 1. The van der Waals surface area contributed by atoms with Crippen molar-refractivity contribution in [1.82, 2.24) is 0 Å². The van der Waals surface area contributed by atoms with Crippen molar-refractivity contribution in [3.63, 3.8) is 0 Å². The van der Waals surface area contributed by atoms with E-state index in [0.29, 0.717) is 0 Å². The molecule has 1 aromatic carbocycles. The summed E-state index contributed by atoms with van der Waals surface area (Å²) in [7, 11) is 0. The molecule has 2 rings (SSSR count). The Kier molecular flexibility index (Phi) is 5.45. The summed E-state index contributed by atoms with van der Waals surface area (Å²) in [6, 6.07) is 6.19. The van der Waals surface area contributed by atoms with E-state index in [1.165, 1.54) is 36.9 Å². The fraction of sp³-hybridized carbons (Fsp3) is 0.588. The Morgan fingerprint density at radius 1 is 1.30 bits per heavy atom. The third kappa shape index (κ3) is 3.53. The minimum atomic E-state index is -0.180. The Labute approximate surface area is 121 Å². The van der Waals surface area contributed by atoms with E-state index in [9.17, 15) is 4.79 Å². The van der Waals surface area contributed by atoms with Crippen LogP contribution in [0.4, 0.5) is 5.69 Å². The molecule has 3 nitrogen and oxygen atoms in total. The van der Waals surface area contributed by atoms with Gasteiger partial charge in [0.2, 0.25) is 5.91 Å². The first-order chi connectivity index (χ1) is 9.74. The average molecular weight is 274 g/mol. The maximum Gasteiger partial charge on any atom is 0.224 e. The Bertz CT molecular complexity index is 456. The van der Waals surface area contributed by atoms with Gasteiger partial charge in [-0.25, -0.2) is 0 Å². The molecule has 1 atom stereocenters. The second-order valence-corrected chi connectivity index (χ2v) is 5.71. The third-order valence-corrected chi connectivity index (χ3v) is 4.22. The molecule has 110 valence electrons. The van der Waals surface area contributed by atoms with Crippen LogP contribution in [0.3, 0.4) is 0 Å². The summed E-state index contributed by atoms with van der Waals surface area (Å²) in [6.45, 7) is 3.18. The fourth-order valence-electron chi connectivity index (χ4n) is 3.10. The molecular weight excluding hydrogens is 248 g/mol. The van der Waals surface area contributed by atoms with Crippen molar-refractivity contribution in [2.75, 3.05) is 11.9 Å². The van der Waals surface area contributed by atoms with Crippen molar-refractivity contribution in [3.05, 3.63) is 29.3 Å². The van der Waals surface area contributed by atoms with Crippen molar-refractivity contribution >= 4 is 11.6 Å². The molecule has 0 spiro atoms. The van der Waals surface area contributed by atoms with E-state index in [1.54, 1.807) is 0 Å². The lowest BCUT2D eigenvalue weighted by molar-refractivity contribution is -0.119. The van der Waals surface area contributed by atoms with Crippen LogP contribution < -0.4 is 11.1 Å². The number of amides is 1. The first-order valence-corrected chi connectivity index (χ1v) is 7.89. The lowest BCUT2D eigenvalue weighted by atomic mass is 9.88. The van der Waals surface area contributed by atoms with Crippen LogP contribution in [0.1, 0.15) is 62.5 Å². The molecule has 1 aliphatic rings. The Hall–Kier alpha value is -1.51. The summed E-state index contributed by atoms with van der Waals surface area (Å²) < 4.78 is 0. The van der Waals surface area contributed by atoms with E-state index < -0.39 is 0 Å². The molecule has 0 saturated heterocycles. The molecular formula is C17H26N2O. The molecule has 20 heavy (non-hydrogen) atoms. The van der Waals surface area contributed by atoms with Crippen LogP contribution in [0.5, 0.6) is 0 Å². The number of rotatable bonds is 8. The summed E-state index contributed by atoms with van der Waals surface area (Å²) in [6.07, 6.45) is 7.97. The lowest BCUT2D eigenvalue weighted by Crippen LogP contribution is -2.22. The van der Waals surface area contributed by atoms with Crippen LogP contribution in [-0.4, -0.2) is 12.5 Å². The third-order valence-electron chi connectivity index (χ3n) is 4.22. The number of anilines is 1. The normalized spacial score (nSPS) is 14.7. The summed E-state index contributed by atoms with van der Waals surface area (Å²) in [4.78, 5) is 11.8. The van der Waals surface area contributed by atoms with Gasteiger partial charge in [0.05, 0.1) is 5.92 Å². The van der Waals surface area contributed by atoms with Crippen molar-refractivity contribution in [3.8, 4) is 0 Å². The molecule has 1 aliphatic heterocycles. The number of nitrogens with two attached hydrogens (primary N) is 1. The number of fused-ring (bicyclic) bond motifs is 1. The minimum Gasteiger partial charge on any atom is -0.384 e. The number of benzene rings is 1. The number of carbonyl (C=O) groups excluding carboxylic acids is 1. The van der Waals surface area contributed by atoms with Gasteiger partial charge in [-0.1, -0.05) is 51.2 Å². The molecule has 3 heteroatoms. The van der Waals surface area contributed by atoms with E-state index >= 15 is 0 Å². The highest BCUT2D eigenvalue weighted by molar-refractivity contribution is 5.83. The lowest BCUT2D eigenvalue weighted by Gasteiger charge is -2.17. The van der Waals surface area contributed by atoms with E-state index in [4.69, 9.17) is 5.73 Å². The van der Waals surface area contributed by atoms with Gasteiger partial charge in [0.1, 0.15) is 0 Å². The predicted octanol–water partition coefficient (Wildman–Crippen LogP) is 3.58. The van der Waals surface area contributed by atoms with Gasteiger partial charge >= 0.3 is 0 Å². The molecule has 3 N–H and O–H groups in total. The number of primary amides is 1. The topological polar surface area (TPSA) is 55.1 Å². The molecule has 0 bridgehead atoms. The SMILES string of the molecule is CCCCCCCC(C(N)=O)c1cccc2c1CCN2. The quantitative estimate of drug-likeness (QED) is 0.712. The maximum atomic E-state index is 11.8. The Morgan fingerprint density at radius 3 is 2.85 bits per heavy atom. The van der Waals surface area contributed by atoms with Gasteiger partial charge in [-0.3, -0.25) is 4.79 Å². The smallest absolute Gasteiger partial charge is 0.224 e. The zero-order valence-electron chi connectivity index (χ0n) is 12.5. The van der Waals surface area contributed by atoms with Crippen LogP contribution in [-0.2, 0) is 11.2 Å².